The third-order valence-electron chi connectivity index (χ3n) is 4.13. The van der Waals surface area contributed by atoms with Crippen LogP contribution in [0.15, 0.2) is 42.6 Å². The maximum absolute atomic E-state index is 13.0. The molecule has 0 atom stereocenters. The van der Waals surface area contributed by atoms with Gasteiger partial charge in [0.1, 0.15) is 5.69 Å². The molecule has 0 spiro atoms. The first-order valence-electron chi connectivity index (χ1n) is 8.92. The van der Waals surface area contributed by atoms with Gasteiger partial charge in [0, 0.05) is 32.4 Å². The Morgan fingerprint density at radius 2 is 1.88 bits per heavy atom. The van der Waals surface area contributed by atoms with Gasteiger partial charge in [-0.05, 0) is 31.9 Å². The van der Waals surface area contributed by atoms with Crippen LogP contribution in [0, 0.1) is 0 Å². The number of aromatic nitrogens is 2. The Hall–Kier alpha value is -2.43. The van der Waals surface area contributed by atoms with Crippen molar-refractivity contribution >= 4 is 11.9 Å². The summed E-state index contributed by atoms with van der Waals surface area (Å²) in [5.41, 5.74) is 1.55. The Balaban J connectivity index is 2.18. The Morgan fingerprint density at radius 3 is 2.52 bits per heavy atom. The van der Waals surface area contributed by atoms with Crippen molar-refractivity contribution in [3.63, 3.8) is 0 Å². The highest BCUT2D eigenvalue weighted by Crippen LogP contribution is 2.14. The molecule has 0 aliphatic carbocycles. The minimum absolute atomic E-state index is 0.0635. The number of hydrogen-bond donors (Lipinski definition) is 0. The van der Waals surface area contributed by atoms with Gasteiger partial charge in [0.25, 0.3) is 5.91 Å². The number of nitrogens with zero attached hydrogens (tertiary/aromatic N) is 4. The third kappa shape index (κ3) is 5.28. The van der Waals surface area contributed by atoms with Crippen LogP contribution in [-0.2, 0) is 6.54 Å². The van der Waals surface area contributed by atoms with Crippen LogP contribution in [0.25, 0.3) is 0 Å². The lowest BCUT2D eigenvalue weighted by atomic mass is 10.1. The van der Waals surface area contributed by atoms with Gasteiger partial charge in [0.2, 0.25) is 5.95 Å². The summed E-state index contributed by atoms with van der Waals surface area (Å²) in [5, 5.41) is 0. The first-order valence-corrected chi connectivity index (χ1v) is 8.92. The van der Waals surface area contributed by atoms with Crippen molar-refractivity contribution in [3.8, 4) is 0 Å². The molecule has 2 rings (SSSR count). The monoisotopic (exact) mass is 340 g/mol. The number of rotatable bonds is 8. The molecule has 1 amide bonds. The molecule has 0 bridgehead atoms. The molecule has 0 aliphatic heterocycles. The van der Waals surface area contributed by atoms with E-state index in [0.717, 1.165) is 24.9 Å². The van der Waals surface area contributed by atoms with Gasteiger partial charge in [0.15, 0.2) is 0 Å². The number of hydrogen-bond acceptors (Lipinski definition) is 4. The van der Waals surface area contributed by atoms with Crippen molar-refractivity contribution < 1.29 is 4.79 Å². The summed E-state index contributed by atoms with van der Waals surface area (Å²) in [7, 11) is 1.96. The number of amides is 1. The molecule has 25 heavy (non-hydrogen) atoms. The Labute approximate surface area is 150 Å². The van der Waals surface area contributed by atoms with Crippen molar-refractivity contribution in [1.82, 2.24) is 14.9 Å². The molecule has 5 nitrogen and oxygen atoms in total. The zero-order valence-electron chi connectivity index (χ0n) is 15.6. The van der Waals surface area contributed by atoms with E-state index in [2.05, 4.69) is 16.9 Å². The second-order valence-corrected chi connectivity index (χ2v) is 6.53. The van der Waals surface area contributed by atoms with Crippen LogP contribution in [0.1, 0.15) is 49.7 Å². The fourth-order valence-corrected chi connectivity index (χ4v) is 2.56. The zero-order chi connectivity index (χ0) is 18.2. The van der Waals surface area contributed by atoms with Gasteiger partial charge in [-0.3, -0.25) is 4.79 Å². The highest BCUT2D eigenvalue weighted by atomic mass is 16.2. The van der Waals surface area contributed by atoms with Crippen molar-refractivity contribution in [2.75, 3.05) is 18.5 Å². The predicted octanol–water partition coefficient (Wildman–Crippen LogP) is 3.76. The van der Waals surface area contributed by atoms with Crippen LogP contribution in [0.3, 0.4) is 0 Å². The van der Waals surface area contributed by atoms with E-state index >= 15 is 0 Å². The fourth-order valence-electron chi connectivity index (χ4n) is 2.56. The van der Waals surface area contributed by atoms with E-state index in [1.807, 2.05) is 61.0 Å². The van der Waals surface area contributed by atoms with E-state index in [4.69, 9.17) is 0 Å². The molecule has 0 unspecified atom stereocenters. The second kappa shape index (κ2) is 9.16. The molecule has 134 valence electrons. The highest BCUT2D eigenvalue weighted by Gasteiger charge is 2.21. The summed E-state index contributed by atoms with van der Waals surface area (Å²) < 4.78 is 0. The minimum Gasteiger partial charge on any atom is -0.344 e. The lowest BCUT2D eigenvalue weighted by Gasteiger charge is -2.27. The van der Waals surface area contributed by atoms with Crippen LogP contribution in [0.4, 0.5) is 5.95 Å². The molecule has 0 radical (unpaired) electrons. The van der Waals surface area contributed by atoms with Crippen LogP contribution < -0.4 is 4.90 Å². The number of carbonyl (C=O) groups is 1. The van der Waals surface area contributed by atoms with Gasteiger partial charge < -0.3 is 9.80 Å². The number of anilines is 1. The van der Waals surface area contributed by atoms with Gasteiger partial charge in [-0.2, -0.15) is 0 Å². The summed E-state index contributed by atoms with van der Waals surface area (Å²) in [4.78, 5) is 25.6. The van der Waals surface area contributed by atoms with Crippen LogP contribution >= 0.6 is 0 Å². The normalized spacial score (nSPS) is 10.8. The highest BCUT2D eigenvalue weighted by molar-refractivity contribution is 5.92. The quantitative estimate of drug-likeness (QED) is 0.734. The number of carbonyl (C=O) groups excluding carboxylic acids is 1. The minimum atomic E-state index is -0.0635. The van der Waals surface area contributed by atoms with Crippen molar-refractivity contribution in [3.05, 3.63) is 53.9 Å². The molecule has 0 N–H and O–H groups in total. The van der Waals surface area contributed by atoms with E-state index in [0.29, 0.717) is 18.2 Å². The maximum Gasteiger partial charge on any atom is 0.273 e. The van der Waals surface area contributed by atoms with E-state index in [9.17, 15) is 4.79 Å². The van der Waals surface area contributed by atoms with Gasteiger partial charge in [-0.1, -0.05) is 43.7 Å². The Morgan fingerprint density at radius 1 is 1.16 bits per heavy atom. The van der Waals surface area contributed by atoms with E-state index in [1.54, 1.807) is 12.3 Å². The molecule has 1 aromatic heterocycles. The Kier molecular flexibility index (Phi) is 6.92. The lowest BCUT2D eigenvalue weighted by molar-refractivity contribution is 0.0684. The maximum atomic E-state index is 13.0. The standard InChI is InChI=1S/C20H28N4O/c1-5-6-14-23(4)20-21-13-12-18(22-20)19(25)24(16(2)3)15-17-10-8-7-9-11-17/h7-13,16H,5-6,14-15H2,1-4H3. The second-order valence-electron chi connectivity index (χ2n) is 6.53. The average molecular weight is 340 g/mol. The summed E-state index contributed by atoms with van der Waals surface area (Å²) >= 11 is 0. The summed E-state index contributed by atoms with van der Waals surface area (Å²) in [5.74, 6) is 0.536. The van der Waals surface area contributed by atoms with Gasteiger partial charge in [-0.25, -0.2) is 9.97 Å². The van der Waals surface area contributed by atoms with Gasteiger partial charge in [0.05, 0.1) is 0 Å². The van der Waals surface area contributed by atoms with Gasteiger partial charge in [-0.15, -0.1) is 0 Å². The molecule has 5 heteroatoms. The summed E-state index contributed by atoms with van der Waals surface area (Å²) in [6.07, 6.45) is 3.85. The third-order valence-corrected chi connectivity index (χ3v) is 4.13. The number of benzene rings is 1. The van der Waals surface area contributed by atoms with Crippen LogP contribution in [0.5, 0.6) is 0 Å². The molecular weight excluding hydrogens is 312 g/mol. The van der Waals surface area contributed by atoms with E-state index in [-0.39, 0.29) is 11.9 Å². The van der Waals surface area contributed by atoms with Gasteiger partial charge >= 0.3 is 0 Å². The van der Waals surface area contributed by atoms with Crippen molar-refractivity contribution in [1.29, 1.82) is 0 Å². The molecule has 1 aromatic carbocycles. The average Bonchev–Trinajstić information content (AvgIpc) is 2.64. The Bertz CT molecular complexity index is 672. The smallest absolute Gasteiger partial charge is 0.273 e. The van der Waals surface area contributed by atoms with E-state index < -0.39 is 0 Å². The molecule has 2 aromatic rings. The molecule has 1 heterocycles. The number of unbranched alkanes of at least 4 members (excludes halogenated alkanes) is 1. The first-order chi connectivity index (χ1) is 12.0. The van der Waals surface area contributed by atoms with Crippen LogP contribution in [-0.4, -0.2) is 40.4 Å². The summed E-state index contributed by atoms with van der Waals surface area (Å²) in [6, 6.07) is 11.8. The molecule has 0 aliphatic rings. The summed E-state index contributed by atoms with van der Waals surface area (Å²) in [6.45, 7) is 7.65. The SMILES string of the molecule is CCCCN(C)c1nccc(C(=O)N(Cc2ccccc2)C(C)C)n1. The van der Waals surface area contributed by atoms with Crippen LogP contribution in [0.2, 0.25) is 0 Å². The van der Waals surface area contributed by atoms with Crippen molar-refractivity contribution in [2.45, 2.75) is 46.2 Å². The fraction of sp³-hybridized carbons (Fsp3) is 0.450. The van der Waals surface area contributed by atoms with Crippen molar-refractivity contribution in [2.24, 2.45) is 0 Å². The molecule has 0 fully saturated rings. The zero-order valence-corrected chi connectivity index (χ0v) is 15.6. The molecule has 0 saturated carbocycles. The topological polar surface area (TPSA) is 49.3 Å². The molecule has 0 saturated heterocycles. The lowest BCUT2D eigenvalue weighted by Crippen LogP contribution is -2.37. The molecular formula is C20H28N4O. The first kappa shape index (κ1) is 18.9. The predicted molar refractivity (Wildman–Crippen MR) is 102 cm³/mol. The largest absolute Gasteiger partial charge is 0.344 e. The van der Waals surface area contributed by atoms with E-state index in [1.165, 1.54) is 0 Å².